The monoisotopic (exact) mass is 427 g/mol. The largest absolute Gasteiger partial charge is 0.507 e. The van der Waals surface area contributed by atoms with E-state index in [0.717, 1.165) is 13.1 Å². The predicted octanol–water partition coefficient (Wildman–Crippen LogP) is 2.18. The first-order chi connectivity index (χ1) is 14.9. The van der Waals surface area contributed by atoms with Crippen LogP contribution in [0.4, 0.5) is 4.39 Å². The Kier molecular flexibility index (Phi) is 7.07. The van der Waals surface area contributed by atoms with Crippen LogP contribution in [0.25, 0.3) is 5.76 Å². The predicted molar refractivity (Wildman–Crippen MR) is 115 cm³/mol. The lowest BCUT2D eigenvalue weighted by atomic mass is 9.95. The third-order valence-corrected chi connectivity index (χ3v) is 5.77. The van der Waals surface area contributed by atoms with Crippen LogP contribution in [0.1, 0.15) is 31.0 Å². The van der Waals surface area contributed by atoms with E-state index in [2.05, 4.69) is 13.8 Å². The van der Waals surface area contributed by atoms with Gasteiger partial charge in [-0.2, -0.15) is 0 Å². The Labute approximate surface area is 181 Å². The average molecular weight is 427 g/mol. The minimum atomic E-state index is -0.755. The molecule has 1 amide bonds. The van der Waals surface area contributed by atoms with Crippen LogP contribution in [0.15, 0.2) is 54.1 Å². The Morgan fingerprint density at radius 2 is 1.81 bits per heavy atom. The van der Waals surface area contributed by atoms with Crippen LogP contribution < -0.4 is 9.64 Å². The zero-order valence-electron chi connectivity index (χ0n) is 18.0. The van der Waals surface area contributed by atoms with Crippen molar-refractivity contribution in [3.8, 4) is 5.75 Å². The summed E-state index contributed by atoms with van der Waals surface area (Å²) in [6, 6.07) is 11.5. The van der Waals surface area contributed by atoms with Crippen LogP contribution >= 0.6 is 0 Å². The van der Waals surface area contributed by atoms with Crippen LogP contribution in [0.5, 0.6) is 5.75 Å². The molecule has 0 spiro atoms. The summed E-state index contributed by atoms with van der Waals surface area (Å²) in [5, 5.41) is 11.0. The Hall–Kier alpha value is -3.19. The molecule has 0 radical (unpaired) electrons. The number of nitrogens with zero attached hydrogens (tertiary/aromatic N) is 1. The van der Waals surface area contributed by atoms with Crippen molar-refractivity contribution >= 4 is 17.4 Å². The quantitative estimate of drug-likeness (QED) is 0.385. The molecule has 2 N–H and O–H groups in total. The summed E-state index contributed by atoms with van der Waals surface area (Å²) in [5.74, 6) is -1.58. The second kappa shape index (κ2) is 9.75. The van der Waals surface area contributed by atoms with Crippen molar-refractivity contribution in [3.63, 3.8) is 0 Å². The van der Waals surface area contributed by atoms with Crippen LogP contribution in [-0.4, -0.2) is 55.0 Å². The van der Waals surface area contributed by atoms with E-state index in [1.807, 2.05) is 0 Å². The lowest BCUT2D eigenvalue weighted by molar-refractivity contribution is -0.895. The van der Waals surface area contributed by atoms with Gasteiger partial charge in [-0.1, -0.05) is 12.1 Å². The smallest absolute Gasteiger partial charge is 0.295 e. The lowest BCUT2D eigenvalue weighted by Crippen LogP contribution is -3.12. The molecule has 1 aliphatic heterocycles. The SMILES string of the molecule is CC[NH+](CC)CCN1C(=O)C(=O)/C(=C(/O)c2ccc(F)cc2)[C@@H]1c1cccc(OC)c1. The number of likely N-dealkylation sites (tertiary alicyclic amines) is 1. The van der Waals surface area contributed by atoms with Gasteiger partial charge in [0.25, 0.3) is 11.7 Å². The number of quaternary nitrogens is 1. The number of halogens is 1. The van der Waals surface area contributed by atoms with Gasteiger partial charge in [0.2, 0.25) is 0 Å². The lowest BCUT2D eigenvalue weighted by Gasteiger charge is -2.27. The Morgan fingerprint density at radius 1 is 1.13 bits per heavy atom. The van der Waals surface area contributed by atoms with Gasteiger partial charge < -0.3 is 19.6 Å². The highest BCUT2D eigenvalue weighted by atomic mass is 19.1. The molecule has 31 heavy (non-hydrogen) atoms. The maximum Gasteiger partial charge on any atom is 0.295 e. The van der Waals surface area contributed by atoms with E-state index in [1.165, 1.54) is 41.2 Å². The molecule has 6 nitrogen and oxygen atoms in total. The Balaban J connectivity index is 2.11. The topological polar surface area (TPSA) is 71.3 Å². The van der Waals surface area contributed by atoms with Crippen LogP contribution in [0.3, 0.4) is 0 Å². The van der Waals surface area contributed by atoms with Crippen molar-refractivity contribution in [1.82, 2.24) is 4.90 Å². The van der Waals surface area contributed by atoms with Crippen molar-refractivity contribution in [2.75, 3.05) is 33.3 Å². The minimum absolute atomic E-state index is 0.000548. The standard InChI is InChI=1S/C24H27FN2O4/c1-4-26(5-2)13-14-27-21(17-7-6-8-19(15-17)31-3)20(23(29)24(27)30)22(28)16-9-11-18(25)12-10-16/h6-12,15,21,28H,4-5,13-14H2,1-3H3/p+1/b22-20+/t21-/m0/s1. The number of Topliss-reactive ketones (excluding diaryl/α,β-unsaturated/α-hetero) is 1. The van der Waals surface area contributed by atoms with Gasteiger partial charge in [0.1, 0.15) is 17.3 Å². The second-order valence-electron chi connectivity index (χ2n) is 7.48. The van der Waals surface area contributed by atoms with Gasteiger partial charge >= 0.3 is 0 Å². The maximum atomic E-state index is 13.4. The van der Waals surface area contributed by atoms with Gasteiger partial charge in [0, 0.05) is 5.56 Å². The number of benzene rings is 2. The Morgan fingerprint density at radius 3 is 2.42 bits per heavy atom. The maximum absolute atomic E-state index is 13.4. The number of ether oxygens (including phenoxy) is 1. The minimum Gasteiger partial charge on any atom is -0.507 e. The molecule has 0 saturated carbocycles. The third-order valence-electron chi connectivity index (χ3n) is 5.77. The van der Waals surface area contributed by atoms with Gasteiger partial charge in [-0.15, -0.1) is 0 Å². The number of aliphatic hydroxyl groups excluding tert-OH is 1. The van der Waals surface area contributed by atoms with Gasteiger partial charge in [-0.25, -0.2) is 4.39 Å². The molecule has 1 aliphatic rings. The number of carbonyl (C=O) groups excluding carboxylic acids is 2. The van der Waals surface area contributed by atoms with Gasteiger partial charge in [-0.3, -0.25) is 9.59 Å². The van der Waals surface area contributed by atoms with Gasteiger partial charge in [-0.05, 0) is 55.8 Å². The molecule has 2 aromatic rings. The molecule has 1 saturated heterocycles. The fourth-order valence-corrected chi connectivity index (χ4v) is 3.91. The van der Waals surface area contributed by atoms with Crippen LogP contribution in [0, 0.1) is 5.82 Å². The summed E-state index contributed by atoms with van der Waals surface area (Å²) in [7, 11) is 1.54. The molecule has 1 fully saturated rings. The molecule has 1 heterocycles. The van der Waals surface area contributed by atoms with Crippen molar-refractivity contribution in [3.05, 3.63) is 71.0 Å². The fourth-order valence-electron chi connectivity index (χ4n) is 3.91. The summed E-state index contributed by atoms with van der Waals surface area (Å²) >= 11 is 0. The van der Waals surface area contributed by atoms with Gasteiger partial charge in [0.15, 0.2) is 0 Å². The average Bonchev–Trinajstić information content (AvgIpc) is 3.04. The summed E-state index contributed by atoms with van der Waals surface area (Å²) in [5.41, 5.74) is 0.942. The van der Waals surface area contributed by atoms with Crippen LogP contribution in [-0.2, 0) is 9.59 Å². The van der Waals surface area contributed by atoms with Crippen molar-refractivity contribution in [1.29, 1.82) is 0 Å². The molecule has 1 atom stereocenters. The number of ketones is 1. The normalized spacial score (nSPS) is 18.1. The summed E-state index contributed by atoms with van der Waals surface area (Å²) in [6.07, 6.45) is 0. The number of methoxy groups -OCH3 is 1. The van der Waals surface area contributed by atoms with E-state index in [-0.39, 0.29) is 16.9 Å². The summed E-state index contributed by atoms with van der Waals surface area (Å²) < 4.78 is 18.7. The molecule has 0 aliphatic carbocycles. The van der Waals surface area contributed by atoms with E-state index in [4.69, 9.17) is 4.74 Å². The number of hydrogen-bond donors (Lipinski definition) is 2. The highest BCUT2D eigenvalue weighted by Crippen LogP contribution is 2.39. The Bertz CT molecular complexity index is 983. The van der Waals surface area contributed by atoms with Gasteiger partial charge in [0.05, 0.1) is 44.9 Å². The van der Waals surface area contributed by atoms with Crippen molar-refractivity contribution in [2.24, 2.45) is 0 Å². The number of hydrogen-bond acceptors (Lipinski definition) is 4. The summed E-state index contributed by atoms with van der Waals surface area (Å²) in [6.45, 7) is 6.99. The molecule has 0 unspecified atom stereocenters. The molecule has 0 aromatic heterocycles. The highest BCUT2D eigenvalue weighted by Gasteiger charge is 2.46. The second-order valence-corrected chi connectivity index (χ2v) is 7.48. The number of nitrogens with one attached hydrogen (secondary N) is 1. The molecular weight excluding hydrogens is 399 g/mol. The molecule has 3 rings (SSSR count). The third kappa shape index (κ3) is 4.61. The fraction of sp³-hybridized carbons (Fsp3) is 0.333. The van der Waals surface area contributed by atoms with Crippen molar-refractivity contribution in [2.45, 2.75) is 19.9 Å². The molecule has 2 aromatic carbocycles. The van der Waals surface area contributed by atoms with Crippen LogP contribution in [0.2, 0.25) is 0 Å². The van der Waals surface area contributed by atoms with E-state index in [9.17, 15) is 19.1 Å². The van der Waals surface area contributed by atoms with E-state index >= 15 is 0 Å². The van der Waals surface area contributed by atoms with E-state index in [0.29, 0.717) is 24.4 Å². The number of amides is 1. The molecule has 164 valence electrons. The number of aliphatic hydroxyl groups is 1. The summed E-state index contributed by atoms with van der Waals surface area (Å²) in [4.78, 5) is 28.8. The zero-order chi connectivity index (χ0) is 22.5. The molecular formula is C24H28FN2O4+. The first-order valence-corrected chi connectivity index (χ1v) is 10.4. The number of likely N-dealkylation sites (N-methyl/N-ethyl adjacent to an activating group) is 1. The number of carbonyl (C=O) groups is 2. The molecule has 0 bridgehead atoms. The number of rotatable bonds is 8. The highest BCUT2D eigenvalue weighted by molar-refractivity contribution is 6.46. The molecule has 7 heteroatoms. The first-order valence-electron chi connectivity index (χ1n) is 10.4. The zero-order valence-corrected chi connectivity index (χ0v) is 18.0. The van der Waals surface area contributed by atoms with Crippen molar-refractivity contribution < 1.29 is 28.7 Å². The van der Waals surface area contributed by atoms with E-state index in [1.54, 1.807) is 24.3 Å². The van der Waals surface area contributed by atoms with E-state index < -0.39 is 23.5 Å². The first kappa shape index (κ1) is 22.5.